The molecular formula is C33H37ClFN7O4. The molecule has 46 heavy (non-hydrogen) atoms. The Bertz CT molecular complexity index is 1670. The molecule has 3 aliphatic heterocycles. The van der Waals surface area contributed by atoms with Gasteiger partial charge in [-0.2, -0.15) is 0 Å². The first-order valence-electron chi connectivity index (χ1n) is 15.5. The lowest BCUT2D eigenvalue weighted by Crippen LogP contribution is -2.49. The number of nitrogens with one attached hydrogen (secondary N) is 2. The average Bonchev–Trinajstić information content (AvgIpc) is 3.37. The third-order valence-electron chi connectivity index (χ3n) is 8.85. The zero-order chi connectivity index (χ0) is 32.5. The van der Waals surface area contributed by atoms with Crippen molar-refractivity contribution < 1.29 is 23.5 Å². The Hall–Kier alpha value is -4.13. The lowest BCUT2D eigenvalue weighted by atomic mass is 10.0. The van der Waals surface area contributed by atoms with Gasteiger partial charge in [-0.25, -0.2) is 14.4 Å². The molecule has 2 unspecified atom stereocenters. The Kier molecular flexibility index (Phi) is 9.21. The van der Waals surface area contributed by atoms with Gasteiger partial charge < -0.3 is 25.2 Å². The highest BCUT2D eigenvalue weighted by Gasteiger charge is 2.35. The summed E-state index contributed by atoms with van der Waals surface area (Å²) in [7, 11) is 1.86. The van der Waals surface area contributed by atoms with Crippen LogP contribution in [0.4, 0.5) is 16.0 Å². The van der Waals surface area contributed by atoms with Crippen LogP contribution in [0.3, 0.4) is 0 Å². The topological polar surface area (TPSA) is 120 Å². The van der Waals surface area contributed by atoms with Gasteiger partial charge in [-0.3, -0.25) is 19.3 Å². The van der Waals surface area contributed by atoms with Crippen molar-refractivity contribution in [2.75, 3.05) is 50.1 Å². The Morgan fingerprint density at radius 3 is 2.63 bits per heavy atom. The van der Waals surface area contributed by atoms with Crippen LogP contribution in [-0.4, -0.2) is 89.5 Å². The third kappa shape index (κ3) is 6.69. The molecule has 13 heteroatoms. The summed E-state index contributed by atoms with van der Waals surface area (Å²) in [6.07, 6.45) is 3.26. The lowest BCUT2D eigenvalue weighted by molar-refractivity contribution is -0.126. The van der Waals surface area contributed by atoms with Crippen molar-refractivity contribution in [3.63, 3.8) is 0 Å². The van der Waals surface area contributed by atoms with Gasteiger partial charge in [0.2, 0.25) is 17.8 Å². The Morgan fingerprint density at radius 1 is 1.09 bits per heavy atom. The van der Waals surface area contributed by atoms with Gasteiger partial charge in [0.05, 0.1) is 29.5 Å². The summed E-state index contributed by atoms with van der Waals surface area (Å²) < 4.78 is 20.1. The van der Waals surface area contributed by atoms with Crippen LogP contribution in [0, 0.1) is 5.82 Å². The summed E-state index contributed by atoms with van der Waals surface area (Å²) in [5.74, 6) is -0.804. The minimum Gasteiger partial charge on any atom is -0.381 e. The van der Waals surface area contributed by atoms with Crippen LogP contribution in [0.1, 0.15) is 54.2 Å². The second-order valence-electron chi connectivity index (χ2n) is 12.2. The lowest BCUT2D eigenvalue weighted by Gasteiger charge is -2.32. The molecule has 11 nitrogen and oxygen atoms in total. The fourth-order valence-corrected chi connectivity index (χ4v) is 6.27. The summed E-state index contributed by atoms with van der Waals surface area (Å²) in [5, 5.41) is 6.63. The molecule has 2 N–H and O–H groups in total. The summed E-state index contributed by atoms with van der Waals surface area (Å²) in [4.78, 5) is 53.5. The minimum atomic E-state index is -0.795. The van der Waals surface area contributed by atoms with Gasteiger partial charge in [0.15, 0.2) is 0 Å². The fraction of sp³-hybridized carbons (Fsp3) is 0.424. The number of hydrogen-bond acceptors (Lipinski definition) is 8. The number of carbonyl (C=O) groups excluding carboxylic acids is 3. The maximum absolute atomic E-state index is 14.7. The number of benzene rings is 2. The van der Waals surface area contributed by atoms with Gasteiger partial charge >= 0.3 is 0 Å². The van der Waals surface area contributed by atoms with E-state index >= 15 is 0 Å². The third-order valence-corrected chi connectivity index (χ3v) is 9.12. The molecule has 0 bridgehead atoms. The van der Waals surface area contributed by atoms with Crippen LogP contribution in [0.15, 0.2) is 42.6 Å². The van der Waals surface area contributed by atoms with Gasteiger partial charge in [0, 0.05) is 55.7 Å². The molecule has 0 spiro atoms. The van der Waals surface area contributed by atoms with E-state index in [0.29, 0.717) is 65.3 Å². The number of nitrogens with zero attached hydrogens (tertiary/aromatic N) is 5. The predicted molar refractivity (Wildman–Crippen MR) is 172 cm³/mol. The normalized spacial score (nSPS) is 18.8. The first kappa shape index (κ1) is 31.8. The van der Waals surface area contributed by atoms with Crippen molar-refractivity contribution in [2.45, 2.75) is 51.4 Å². The number of likely N-dealkylation sites (N-methyl/N-ethyl adjacent to an activating group) is 1. The number of aromatic nitrogens is 2. The number of rotatable bonds is 8. The molecule has 4 heterocycles. The van der Waals surface area contributed by atoms with Crippen LogP contribution >= 0.6 is 11.6 Å². The molecule has 3 aromatic rings. The van der Waals surface area contributed by atoms with Gasteiger partial charge in [-0.1, -0.05) is 23.7 Å². The first-order valence-corrected chi connectivity index (χ1v) is 15.9. The van der Waals surface area contributed by atoms with Crippen molar-refractivity contribution in [1.29, 1.82) is 0 Å². The van der Waals surface area contributed by atoms with E-state index in [1.165, 1.54) is 17.0 Å². The highest BCUT2D eigenvalue weighted by atomic mass is 35.5. The maximum atomic E-state index is 14.7. The molecule has 2 fully saturated rings. The second-order valence-corrected chi connectivity index (χ2v) is 12.6. The molecule has 3 amide bonds. The van der Waals surface area contributed by atoms with Gasteiger partial charge in [0.1, 0.15) is 11.9 Å². The molecule has 0 radical (unpaired) electrons. The average molecular weight is 650 g/mol. The zero-order valence-corrected chi connectivity index (χ0v) is 26.8. The monoisotopic (exact) mass is 649 g/mol. The van der Waals surface area contributed by atoms with Crippen molar-refractivity contribution in [3.05, 3.63) is 70.1 Å². The van der Waals surface area contributed by atoms with E-state index in [0.717, 1.165) is 18.4 Å². The van der Waals surface area contributed by atoms with E-state index < -0.39 is 17.9 Å². The Morgan fingerprint density at radius 2 is 1.87 bits per heavy atom. The van der Waals surface area contributed by atoms with E-state index in [9.17, 15) is 18.8 Å². The molecule has 0 saturated carbocycles. The number of piperazine rings is 1. The molecule has 3 aliphatic rings. The Balaban J connectivity index is 1.14. The largest absolute Gasteiger partial charge is 0.381 e. The van der Waals surface area contributed by atoms with Gasteiger partial charge in [-0.15, -0.1) is 0 Å². The molecule has 1 aromatic heterocycles. The predicted octanol–water partition coefficient (Wildman–Crippen LogP) is 4.03. The molecule has 0 aliphatic carbocycles. The number of anilines is 2. The van der Waals surface area contributed by atoms with E-state index in [1.54, 1.807) is 37.1 Å². The molecular weight excluding hydrogens is 613 g/mol. The summed E-state index contributed by atoms with van der Waals surface area (Å²) in [5.41, 5.74) is 3.42. The second kappa shape index (κ2) is 13.3. The minimum absolute atomic E-state index is 0.111. The number of halogens is 2. The zero-order valence-electron chi connectivity index (χ0n) is 26.1. The summed E-state index contributed by atoms with van der Waals surface area (Å²) in [6.45, 7) is 6.43. The van der Waals surface area contributed by atoms with Crippen LogP contribution in [-0.2, 0) is 20.9 Å². The van der Waals surface area contributed by atoms with Crippen molar-refractivity contribution in [3.8, 4) is 11.3 Å². The van der Waals surface area contributed by atoms with Gasteiger partial charge in [0.25, 0.3) is 5.91 Å². The number of amides is 3. The van der Waals surface area contributed by atoms with Crippen LogP contribution in [0.5, 0.6) is 0 Å². The SMILES string of the molecule is CC(NC(=O)C(C)N1Cc2ccc(-c3nc(NC4CCOCC4)ncc3Cl)cc2C1=O)c1cc(F)cc(N2CCN(C)CC2=O)c1. The number of ether oxygens (including phenoxy) is 1. The van der Waals surface area contributed by atoms with Crippen LogP contribution in [0.2, 0.25) is 5.02 Å². The van der Waals surface area contributed by atoms with Crippen molar-refractivity contribution in [2.24, 2.45) is 0 Å². The fourth-order valence-electron chi connectivity index (χ4n) is 6.07. The molecule has 2 atom stereocenters. The standard InChI is InChI=1S/C33H37ClFN7O4/c1-19(23-12-24(35)15-26(13-23)41-9-8-40(3)18-29(41)43)37-31(44)20(2)42-17-22-5-4-21(14-27(22)32(42)45)30-28(34)16-36-33(39-30)38-25-6-10-46-11-7-25/h4-5,12-16,19-20,25H,6-11,17-18H2,1-3H3,(H,37,44)(H,36,38,39). The van der Waals surface area contributed by atoms with Crippen LogP contribution in [0.25, 0.3) is 11.3 Å². The number of fused-ring (bicyclic) bond motifs is 1. The van der Waals surface area contributed by atoms with Crippen molar-refractivity contribution >= 4 is 41.0 Å². The first-order chi connectivity index (χ1) is 22.1. The van der Waals surface area contributed by atoms with E-state index in [1.807, 2.05) is 24.1 Å². The van der Waals surface area contributed by atoms with Gasteiger partial charge in [-0.05, 0) is 69.1 Å². The van der Waals surface area contributed by atoms with Crippen molar-refractivity contribution in [1.82, 2.24) is 25.1 Å². The molecule has 6 rings (SSSR count). The van der Waals surface area contributed by atoms with E-state index in [4.69, 9.17) is 16.3 Å². The molecule has 2 aromatic carbocycles. The quantitative estimate of drug-likeness (QED) is 0.376. The molecule has 2 saturated heterocycles. The van der Waals surface area contributed by atoms with E-state index in [2.05, 4.69) is 20.6 Å². The van der Waals surface area contributed by atoms with E-state index in [-0.39, 0.29) is 36.9 Å². The van der Waals surface area contributed by atoms with Crippen LogP contribution < -0.4 is 15.5 Å². The molecule has 242 valence electrons. The highest BCUT2D eigenvalue weighted by Crippen LogP contribution is 2.33. The Labute approximate surface area is 272 Å². The number of carbonyl (C=O) groups is 3. The summed E-state index contributed by atoms with van der Waals surface area (Å²) in [6, 6.07) is 8.72. The smallest absolute Gasteiger partial charge is 0.255 e. The summed E-state index contributed by atoms with van der Waals surface area (Å²) >= 11 is 6.49. The maximum Gasteiger partial charge on any atom is 0.255 e. The highest BCUT2D eigenvalue weighted by molar-refractivity contribution is 6.33. The number of hydrogen-bond donors (Lipinski definition) is 2.